The zero-order valence-electron chi connectivity index (χ0n) is 16.7. The average molecular weight is 448 g/mol. The van der Waals surface area contributed by atoms with Gasteiger partial charge in [0.05, 0.1) is 22.9 Å². The number of benzene rings is 2. The Morgan fingerprint density at radius 1 is 1.07 bits per heavy atom. The van der Waals surface area contributed by atoms with Gasteiger partial charge in [-0.3, -0.25) is 14.4 Å². The average Bonchev–Trinajstić information content (AvgIpc) is 2.67. The molecule has 1 heterocycles. The van der Waals surface area contributed by atoms with Gasteiger partial charge in [-0.2, -0.15) is 0 Å². The van der Waals surface area contributed by atoms with Gasteiger partial charge in [0.1, 0.15) is 0 Å². The summed E-state index contributed by atoms with van der Waals surface area (Å²) in [6.45, 7) is 1.41. The fourth-order valence-corrected chi connectivity index (χ4v) is 5.03. The molecule has 30 heavy (non-hydrogen) atoms. The lowest BCUT2D eigenvalue weighted by Crippen LogP contribution is -2.40. The summed E-state index contributed by atoms with van der Waals surface area (Å²) in [7, 11) is -2.34. The second-order valence-corrected chi connectivity index (χ2v) is 9.89. The number of para-hydroxylation sites is 1. The van der Waals surface area contributed by atoms with E-state index in [1.54, 1.807) is 31.3 Å². The fourth-order valence-electron chi connectivity index (χ4n) is 2.98. The minimum atomic E-state index is -3.93. The molecule has 1 unspecified atom stereocenters. The van der Waals surface area contributed by atoms with Crippen molar-refractivity contribution in [3.05, 3.63) is 48.5 Å². The molecule has 10 heteroatoms. The molecule has 1 atom stereocenters. The summed E-state index contributed by atoms with van der Waals surface area (Å²) in [5, 5.41) is 2.00. The highest BCUT2D eigenvalue weighted by Crippen LogP contribution is 2.37. The highest BCUT2D eigenvalue weighted by molar-refractivity contribution is 8.01. The molecular formula is C20H21N3O5S2. The van der Waals surface area contributed by atoms with Gasteiger partial charge in [0.25, 0.3) is 0 Å². The Hall–Kier alpha value is -2.85. The van der Waals surface area contributed by atoms with Gasteiger partial charge in [-0.15, -0.1) is 11.8 Å². The van der Waals surface area contributed by atoms with E-state index in [4.69, 9.17) is 0 Å². The van der Waals surface area contributed by atoms with Crippen molar-refractivity contribution < 1.29 is 22.8 Å². The van der Waals surface area contributed by atoms with Crippen molar-refractivity contribution in [2.45, 2.75) is 23.5 Å². The van der Waals surface area contributed by atoms with Gasteiger partial charge in [-0.25, -0.2) is 12.7 Å². The molecule has 0 bridgehead atoms. The molecule has 0 fully saturated rings. The quantitative estimate of drug-likeness (QED) is 0.755. The first kappa shape index (κ1) is 21.8. The number of hydrogen-bond acceptors (Lipinski definition) is 6. The van der Waals surface area contributed by atoms with Crippen molar-refractivity contribution in [2.24, 2.45) is 0 Å². The molecule has 1 aliphatic heterocycles. The molecule has 0 saturated heterocycles. The number of fused-ring (bicyclic) bond motifs is 1. The number of sulfonamides is 1. The van der Waals surface area contributed by atoms with Crippen LogP contribution in [0.2, 0.25) is 0 Å². The Morgan fingerprint density at radius 2 is 1.67 bits per heavy atom. The third-order valence-corrected chi connectivity index (χ3v) is 6.92. The smallest absolute Gasteiger partial charge is 0.242 e. The normalized spacial score (nSPS) is 15.7. The SMILES string of the molecule is CC(=O)N(C)c1ccc(N(C(=O)CC2Sc3ccccc3NC2=O)S(C)(=O)=O)cc1. The number of carbonyl (C=O) groups excluding carboxylic acids is 3. The third-order valence-electron chi connectivity index (χ3n) is 4.57. The van der Waals surface area contributed by atoms with Gasteiger partial charge in [0.15, 0.2) is 0 Å². The van der Waals surface area contributed by atoms with Crippen LogP contribution in [0.1, 0.15) is 13.3 Å². The van der Waals surface area contributed by atoms with Crippen LogP contribution in [0.3, 0.4) is 0 Å². The molecule has 3 amide bonds. The Morgan fingerprint density at radius 3 is 2.27 bits per heavy atom. The number of anilines is 3. The van der Waals surface area contributed by atoms with Crippen LogP contribution in [0.5, 0.6) is 0 Å². The lowest BCUT2D eigenvalue weighted by molar-refractivity contribution is -0.121. The first-order valence-electron chi connectivity index (χ1n) is 9.02. The first-order chi connectivity index (χ1) is 14.1. The second kappa shape index (κ2) is 8.49. The van der Waals surface area contributed by atoms with Crippen LogP contribution in [0, 0.1) is 0 Å². The van der Waals surface area contributed by atoms with Gasteiger partial charge < -0.3 is 10.2 Å². The van der Waals surface area contributed by atoms with Gasteiger partial charge >= 0.3 is 0 Å². The predicted octanol–water partition coefficient (Wildman–Crippen LogP) is 2.47. The van der Waals surface area contributed by atoms with Crippen molar-refractivity contribution in [2.75, 3.05) is 27.8 Å². The summed E-state index contributed by atoms with van der Waals surface area (Å²) in [5.41, 5.74) is 1.37. The maximum Gasteiger partial charge on any atom is 0.242 e. The van der Waals surface area contributed by atoms with E-state index < -0.39 is 21.2 Å². The summed E-state index contributed by atoms with van der Waals surface area (Å²) in [6.07, 6.45) is 0.650. The highest BCUT2D eigenvalue weighted by atomic mass is 32.2. The van der Waals surface area contributed by atoms with E-state index in [2.05, 4.69) is 5.32 Å². The van der Waals surface area contributed by atoms with Crippen molar-refractivity contribution in [1.82, 2.24) is 0 Å². The topological polar surface area (TPSA) is 104 Å². The standard InChI is InChI=1S/C20H21N3O5S2/c1-13(24)22(2)14-8-10-15(11-9-14)23(30(3,27)28)19(25)12-18-20(26)21-16-6-4-5-7-17(16)29-18/h4-11,18H,12H2,1-3H3,(H,21,26). The molecular weight excluding hydrogens is 426 g/mol. The maximum absolute atomic E-state index is 12.9. The summed E-state index contributed by atoms with van der Waals surface area (Å²) in [4.78, 5) is 39.0. The zero-order valence-corrected chi connectivity index (χ0v) is 18.3. The molecule has 0 radical (unpaired) electrons. The molecule has 0 spiro atoms. The van der Waals surface area contributed by atoms with Crippen LogP contribution < -0.4 is 14.5 Å². The van der Waals surface area contributed by atoms with Crippen molar-refractivity contribution >= 4 is 56.6 Å². The predicted molar refractivity (Wildman–Crippen MR) is 117 cm³/mol. The molecule has 158 valence electrons. The van der Waals surface area contributed by atoms with Crippen molar-refractivity contribution in [3.8, 4) is 0 Å². The number of amides is 3. The Bertz CT molecular complexity index is 1100. The van der Waals surface area contributed by atoms with E-state index in [9.17, 15) is 22.8 Å². The lowest BCUT2D eigenvalue weighted by Gasteiger charge is -2.26. The number of thioether (sulfide) groups is 1. The van der Waals surface area contributed by atoms with Crippen LogP contribution in [0.15, 0.2) is 53.4 Å². The molecule has 2 aromatic rings. The monoisotopic (exact) mass is 447 g/mol. The molecule has 3 rings (SSSR count). The summed E-state index contributed by atoms with van der Waals surface area (Å²) < 4.78 is 25.4. The van der Waals surface area contributed by atoms with E-state index >= 15 is 0 Å². The zero-order chi connectivity index (χ0) is 22.1. The van der Waals surface area contributed by atoms with Crippen LogP contribution in [-0.4, -0.2) is 44.7 Å². The van der Waals surface area contributed by atoms with Crippen LogP contribution >= 0.6 is 11.8 Å². The highest BCUT2D eigenvalue weighted by Gasteiger charge is 2.33. The molecule has 0 aliphatic carbocycles. The third kappa shape index (κ3) is 4.65. The Balaban J connectivity index is 1.84. The van der Waals surface area contributed by atoms with Gasteiger partial charge in [-0.05, 0) is 36.4 Å². The minimum absolute atomic E-state index is 0.143. The van der Waals surface area contributed by atoms with Gasteiger partial charge in [0, 0.05) is 31.0 Å². The van der Waals surface area contributed by atoms with E-state index in [-0.39, 0.29) is 23.9 Å². The van der Waals surface area contributed by atoms with Crippen molar-refractivity contribution in [3.63, 3.8) is 0 Å². The number of rotatable bonds is 5. The summed E-state index contributed by atoms with van der Waals surface area (Å²) in [6, 6.07) is 13.2. The Labute approximate surface area is 179 Å². The summed E-state index contributed by atoms with van der Waals surface area (Å²) >= 11 is 1.23. The van der Waals surface area contributed by atoms with Crippen molar-refractivity contribution in [1.29, 1.82) is 0 Å². The van der Waals surface area contributed by atoms with Gasteiger partial charge in [-0.1, -0.05) is 12.1 Å². The number of nitrogens with one attached hydrogen (secondary N) is 1. The Kier molecular flexibility index (Phi) is 6.18. The molecule has 0 aromatic heterocycles. The minimum Gasteiger partial charge on any atom is -0.324 e. The largest absolute Gasteiger partial charge is 0.324 e. The van der Waals surface area contributed by atoms with E-state index in [1.807, 2.05) is 12.1 Å². The van der Waals surface area contributed by atoms with E-state index in [0.717, 1.165) is 11.2 Å². The molecule has 0 saturated carbocycles. The lowest BCUT2D eigenvalue weighted by atomic mass is 10.2. The first-order valence-corrected chi connectivity index (χ1v) is 11.7. The van der Waals surface area contributed by atoms with Crippen LogP contribution in [0.25, 0.3) is 0 Å². The summed E-state index contributed by atoms with van der Waals surface area (Å²) in [5.74, 6) is -1.24. The molecule has 8 nitrogen and oxygen atoms in total. The van der Waals surface area contributed by atoms with E-state index in [1.165, 1.54) is 35.7 Å². The second-order valence-electron chi connectivity index (χ2n) is 6.81. The van der Waals surface area contributed by atoms with E-state index in [0.29, 0.717) is 15.7 Å². The molecule has 1 N–H and O–H groups in total. The number of carbonyl (C=O) groups is 3. The van der Waals surface area contributed by atoms with Gasteiger partial charge in [0.2, 0.25) is 27.7 Å². The van der Waals surface area contributed by atoms with Crippen LogP contribution in [-0.2, 0) is 24.4 Å². The molecule has 1 aliphatic rings. The fraction of sp³-hybridized carbons (Fsp3) is 0.250. The van der Waals surface area contributed by atoms with Crippen LogP contribution in [0.4, 0.5) is 17.1 Å². The number of hydrogen-bond donors (Lipinski definition) is 1. The number of nitrogens with zero attached hydrogens (tertiary/aromatic N) is 2. The maximum atomic E-state index is 12.9. The molecule has 2 aromatic carbocycles.